The SMILES string of the molecule is CCCNC(c1cc(Cl)ccc1Cl)C1CSCCN1C. The third-order valence-corrected chi connectivity index (χ3v) is 5.36. The van der Waals surface area contributed by atoms with Crippen molar-refractivity contribution in [1.29, 1.82) is 0 Å². The molecule has 2 nitrogen and oxygen atoms in total. The number of hydrogen-bond donors (Lipinski definition) is 1. The average molecular weight is 333 g/mol. The van der Waals surface area contributed by atoms with Crippen molar-refractivity contribution < 1.29 is 0 Å². The summed E-state index contributed by atoms with van der Waals surface area (Å²) in [5.41, 5.74) is 1.12. The van der Waals surface area contributed by atoms with E-state index in [0.29, 0.717) is 6.04 Å². The highest BCUT2D eigenvalue weighted by molar-refractivity contribution is 7.99. The maximum Gasteiger partial charge on any atom is 0.0501 e. The normalized spacial score (nSPS) is 21.9. The van der Waals surface area contributed by atoms with Crippen LogP contribution in [0, 0.1) is 0 Å². The van der Waals surface area contributed by atoms with Crippen LogP contribution in [0.1, 0.15) is 24.9 Å². The monoisotopic (exact) mass is 332 g/mol. The third-order valence-electron chi connectivity index (χ3n) is 3.74. The Hall–Kier alpha value is 0.0700. The quantitative estimate of drug-likeness (QED) is 0.874. The van der Waals surface area contributed by atoms with Gasteiger partial charge in [0, 0.05) is 34.1 Å². The molecule has 2 unspecified atom stereocenters. The molecule has 20 heavy (non-hydrogen) atoms. The van der Waals surface area contributed by atoms with Crippen LogP contribution >= 0.6 is 35.0 Å². The molecule has 5 heteroatoms. The molecule has 1 fully saturated rings. The summed E-state index contributed by atoms with van der Waals surface area (Å²) in [7, 11) is 2.20. The number of thioether (sulfide) groups is 1. The smallest absolute Gasteiger partial charge is 0.0501 e. The highest BCUT2D eigenvalue weighted by Crippen LogP contribution is 2.32. The fourth-order valence-corrected chi connectivity index (χ4v) is 4.25. The van der Waals surface area contributed by atoms with E-state index in [4.69, 9.17) is 23.2 Å². The molecule has 1 aromatic carbocycles. The van der Waals surface area contributed by atoms with Crippen LogP contribution in [0.4, 0.5) is 0 Å². The molecular formula is C15H22Cl2N2S. The van der Waals surface area contributed by atoms with Crippen molar-refractivity contribution in [2.24, 2.45) is 0 Å². The number of likely N-dealkylation sites (N-methyl/N-ethyl adjacent to an activating group) is 1. The van der Waals surface area contributed by atoms with Crippen LogP contribution in [-0.2, 0) is 0 Å². The van der Waals surface area contributed by atoms with Crippen molar-refractivity contribution in [1.82, 2.24) is 10.2 Å². The second-order valence-corrected chi connectivity index (χ2v) is 7.21. The molecular weight excluding hydrogens is 311 g/mol. The number of benzene rings is 1. The van der Waals surface area contributed by atoms with Gasteiger partial charge in [0.25, 0.3) is 0 Å². The minimum Gasteiger partial charge on any atom is -0.309 e. The Labute approximate surface area is 136 Å². The van der Waals surface area contributed by atoms with E-state index < -0.39 is 0 Å². The number of rotatable bonds is 5. The van der Waals surface area contributed by atoms with Crippen molar-refractivity contribution in [3.8, 4) is 0 Å². The lowest BCUT2D eigenvalue weighted by Gasteiger charge is -2.38. The topological polar surface area (TPSA) is 15.3 Å². The summed E-state index contributed by atoms with van der Waals surface area (Å²) in [4.78, 5) is 2.43. The molecule has 1 saturated heterocycles. The van der Waals surface area contributed by atoms with Gasteiger partial charge in [0.05, 0.1) is 6.04 Å². The van der Waals surface area contributed by atoms with E-state index in [0.717, 1.165) is 40.9 Å². The predicted octanol–water partition coefficient (Wildman–Crippen LogP) is 4.08. The molecule has 112 valence electrons. The lowest BCUT2D eigenvalue weighted by molar-refractivity contribution is 0.216. The van der Waals surface area contributed by atoms with E-state index in [1.54, 1.807) is 0 Å². The first kappa shape index (κ1) is 16.4. The van der Waals surface area contributed by atoms with Crippen molar-refractivity contribution in [3.05, 3.63) is 33.8 Å². The zero-order valence-electron chi connectivity index (χ0n) is 12.0. The molecule has 1 aliphatic rings. The van der Waals surface area contributed by atoms with Crippen LogP contribution in [0.25, 0.3) is 0 Å². The highest BCUT2D eigenvalue weighted by Gasteiger charge is 2.30. The average Bonchev–Trinajstić information content (AvgIpc) is 2.44. The van der Waals surface area contributed by atoms with Gasteiger partial charge in [-0.2, -0.15) is 11.8 Å². The lowest BCUT2D eigenvalue weighted by Crippen LogP contribution is -2.48. The number of halogens is 2. The summed E-state index contributed by atoms with van der Waals surface area (Å²) >= 11 is 14.6. The standard InChI is InChI=1S/C15H22Cl2N2S/c1-3-6-18-15(14-10-20-8-7-19(14)2)12-9-11(16)4-5-13(12)17/h4-5,9,14-15,18H,3,6-8,10H2,1-2H3. The minimum atomic E-state index is 0.235. The fourth-order valence-electron chi connectivity index (χ4n) is 2.56. The Balaban J connectivity index is 2.28. The second-order valence-electron chi connectivity index (χ2n) is 5.22. The van der Waals surface area contributed by atoms with E-state index in [2.05, 4.69) is 24.2 Å². The largest absolute Gasteiger partial charge is 0.309 e. The van der Waals surface area contributed by atoms with E-state index in [-0.39, 0.29) is 6.04 Å². The maximum atomic E-state index is 6.41. The Bertz CT molecular complexity index is 442. The zero-order valence-corrected chi connectivity index (χ0v) is 14.4. The van der Waals surface area contributed by atoms with Gasteiger partial charge in [0.15, 0.2) is 0 Å². The Morgan fingerprint density at radius 2 is 2.25 bits per heavy atom. The summed E-state index contributed by atoms with van der Waals surface area (Å²) in [5, 5.41) is 5.20. The van der Waals surface area contributed by atoms with Gasteiger partial charge in [-0.1, -0.05) is 30.1 Å². The highest BCUT2D eigenvalue weighted by atomic mass is 35.5. The van der Waals surface area contributed by atoms with Crippen molar-refractivity contribution >= 4 is 35.0 Å². The van der Waals surface area contributed by atoms with Crippen LogP contribution in [0.2, 0.25) is 10.0 Å². The van der Waals surface area contributed by atoms with Gasteiger partial charge < -0.3 is 5.32 Å². The number of nitrogens with one attached hydrogen (secondary N) is 1. The van der Waals surface area contributed by atoms with Gasteiger partial charge in [-0.15, -0.1) is 0 Å². The molecule has 0 radical (unpaired) electrons. The molecule has 0 spiro atoms. The molecule has 0 aromatic heterocycles. The first-order valence-electron chi connectivity index (χ1n) is 7.09. The molecule has 1 aromatic rings. The molecule has 1 aliphatic heterocycles. The van der Waals surface area contributed by atoms with Crippen molar-refractivity contribution in [3.63, 3.8) is 0 Å². The molecule has 1 N–H and O–H groups in total. The molecule has 1 heterocycles. The summed E-state index contributed by atoms with van der Waals surface area (Å²) in [6, 6.07) is 6.44. The predicted molar refractivity (Wildman–Crippen MR) is 91.2 cm³/mol. The molecule has 0 aliphatic carbocycles. The van der Waals surface area contributed by atoms with Gasteiger partial charge in [0.1, 0.15) is 0 Å². The molecule has 2 rings (SSSR count). The first-order chi connectivity index (χ1) is 9.63. The molecule has 2 atom stereocenters. The van der Waals surface area contributed by atoms with Crippen LogP contribution < -0.4 is 5.32 Å². The number of hydrogen-bond acceptors (Lipinski definition) is 3. The van der Waals surface area contributed by atoms with Gasteiger partial charge in [0.2, 0.25) is 0 Å². The first-order valence-corrected chi connectivity index (χ1v) is 9.01. The summed E-state index contributed by atoms with van der Waals surface area (Å²) in [5.74, 6) is 2.33. The minimum absolute atomic E-state index is 0.235. The van der Waals surface area contributed by atoms with Crippen LogP contribution in [0.3, 0.4) is 0 Å². The van der Waals surface area contributed by atoms with E-state index in [9.17, 15) is 0 Å². The zero-order chi connectivity index (χ0) is 14.5. The molecule has 0 amide bonds. The summed E-state index contributed by atoms with van der Waals surface area (Å²) < 4.78 is 0. The number of nitrogens with zero attached hydrogens (tertiary/aromatic N) is 1. The third kappa shape index (κ3) is 4.05. The van der Waals surface area contributed by atoms with Crippen LogP contribution in [0.15, 0.2) is 18.2 Å². The van der Waals surface area contributed by atoms with E-state index >= 15 is 0 Å². The van der Waals surface area contributed by atoms with Gasteiger partial charge >= 0.3 is 0 Å². The fraction of sp³-hybridized carbons (Fsp3) is 0.600. The summed E-state index contributed by atoms with van der Waals surface area (Å²) in [6.45, 7) is 4.29. The van der Waals surface area contributed by atoms with Crippen LogP contribution in [0.5, 0.6) is 0 Å². The van der Waals surface area contributed by atoms with E-state index in [1.165, 1.54) is 5.75 Å². The lowest BCUT2D eigenvalue weighted by atomic mass is 9.98. The van der Waals surface area contributed by atoms with Gasteiger partial charge in [-0.25, -0.2) is 0 Å². The Morgan fingerprint density at radius 1 is 1.45 bits per heavy atom. The van der Waals surface area contributed by atoms with Gasteiger partial charge in [-0.3, -0.25) is 4.90 Å². The molecule has 0 bridgehead atoms. The van der Waals surface area contributed by atoms with E-state index in [1.807, 2.05) is 30.0 Å². The Kier molecular flexibility index (Phi) is 6.50. The molecule has 0 saturated carbocycles. The van der Waals surface area contributed by atoms with Crippen LogP contribution in [-0.4, -0.2) is 42.6 Å². The Morgan fingerprint density at radius 3 is 2.95 bits per heavy atom. The van der Waals surface area contributed by atoms with Crippen molar-refractivity contribution in [2.45, 2.75) is 25.4 Å². The maximum absolute atomic E-state index is 6.41. The van der Waals surface area contributed by atoms with Gasteiger partial charge in [-0.05, 0) is 43.8 Å². The summed E-state index contributed by atoms with van der Waals surface area (Å²) in [6.07, 6.45) is 1.11. The van der Waals surface area contributed by atoms with Crippen molar-refractivity contribution in [2.75, 3.05) is 31.6 Å². The second kappa shape index (κ2) is 7.90.